The maximum atomic E-state index is 11.9. The molecule has 0 radical (unpaired) electrons. The van der Waals surface area contributed by atoms with Gasteiger partial charge in [-0.1, -0.05) is 25.8 Å². The Kier molecular flexibility index (Phi) is 5.79. The molecule has 2 aliphatic rings. The number of nitrogens with one attached hydrogen (secondary N) is 1. The normalized spacial score (nSPS) is 21.6. The average molecular weight is 347 g/mol. The van der Waals surface area contributed by atoms with Crippen LogP contribution in [0.2, 0.25) is 0 Å². The topological polar surface area (TPSA) is 73.9 Å². The SMILES string of the molecule is C[C@H]1CCCC[C@@H]1NC(=O)COC(=O)CCc1ccc2c(c1)OCO2. The second kappa shape index (κ2) is 8.23. The quantitative estimate of drug-likeness (QED) is 0.801. The monoisotopic (exact) mass is 347 g/mol. The zero-order valence-corrected chi connectivity index (χ0v) is 14.6. The Balaban J connectivity index is 1.37. The number of rotatable bonds is 6. The molecule has 0 aromatic heterocycles. The van der Waals surface area contributed by atoms with Gasteiger partial charge < -0.3 is 19.5 Å². The fraction of sp³-hybridized carbons (Fsp3) is 0.579. The van der Waals surface area contributed by atoms with E-state index in [-0.39, 0.29) is 37.7 Å². The van der Waals surface area contributed by atoms with E-state index >= 15 is 0 Å². The third kappa shape index (κ3) is 4.87. The predicted molar refractivity (Wildman–Crippen MR) is 91.4 cm³/mol. The van der Waals surface area contributed by atoms with E-state index in [1.165, 1.54) is 6.42 Å². The van der Waals surface area contributed by atoms with E-state index in [1.807, 2.05) is 18.2 Å². The van der Waals surface area contributed by atoms with Crippen molar-refractivity contribution in [3.8, 4) is 11.5 Å². The van der Waals surface area contributed by atoms with Crippen molar-refractivity contribution in [2.45, 2.75) is 51.5 Å². The summed E-state index contributed by atoms with van der Waals surface area (Å²) >= 11 is 0. The molecule has 25 heavy (non-hydrogen) atoms. The van der Waals surface area contributed by atoms with Crippen molar-refractivity contribution in [3.05, 3.63) is 23.8 Å². The summed E-state index contributed by atoms with van der Waals surface area (Å²) in [6.07, 6.45) is 5.28. The number of carbonyl (C=O) groups excluding carboxylic acids is 2. The second-order valence-corrected chi connectivity index (χ2v) is 6.78. The number of benzene rings is 1. The van der Waals surface area contributed by atoms with Crippen molar-refractivity contribution in [2.75, 3.05) is 13.4 Å². The predicted octanol–water partition coefficient (Wildman–Crippen LogP) is 2.59. The Hall–Kier alpha value is -2.24. The van der Waals surface area contributed by atoms with E-state index in [0.29, 0.717) is 18.1 Å². The number of hydrogen-bond donors (Lipinski definition) is 1. The lowest BCUT2D eigenvalue weighted by molar-refractivity contribution is -0.148. The van der Waals surface area contributed by atoms with Gasteiger partial charge in [0, 0.05) is 12.5 Å². The number of ether oxygens (including phenoxy) is 3. The first-order valence-corrected chi connectivity index (χ1v) is 8.95. The number of amides is 1. The fourth-order valence-electron chi connectivity index (χ4n) is 3.34. The van der Waals surface area contributed by atoms with Crippen LogP contribution in [0.1, 0.15) is 44.6 Å². The van der Waals surface area contributed by atoms with Crippen LogP contribution in [-0.2, 0) is 20.7 Å². The highest BCUT2D eigenvalue weighted by atomic mass is 16.7. The molecule has 1 aliphatic heterocycles. The number of carbonyl (C=O) groups is 2. The van der Waals surface area contributed by atoms with Gasteiger partial charge in [0.2, 0.25) is 6.79 Å². The van der Waals surface area contributed by atoms with Crippen molar-refractivity contribution in [1.82, 2.24) is 5.32 Å². The van der Waals surface area contributed by atoms with Crippen LogP contribution in [-0.4, -0.2) is 31.3 Å². The van der Waals surface area contributed by atoms with Gasteiger partial charge in [-0.2, -0.15) is 0 Å². The number of hydrogen-bond acceptors (Lipinski definition) is 5. The van der Waals surface area contributed by atoms with Gasteiger partial charge in [0.25, 0.3) is 5.91 Å². The van der Waals surface area contributed by atoms with Crippen LogP contribution in [0.25, 0.3) is 0 Å². The zero-order chi connectivity index (χ0) is 17.6. The summed E-state index contributed by atoms with van der Waals surface area (Å²) in [7, 11) is 0. The molecule has 1 fully saturated rings. The van der Waals surface area contributed by atoms with Crippen LogP contribution in [0.15, 0.2) is 18.2 Å². The number of aryl methyl sites for hydroxylation is 1. The molecule has 1 aliphatic carbocycles. The molecule has 3 rings (SSSR count). The highest BCUT2D eigenvalue weighted by Gasteiger charge is 2.23. The smallest absolute Gasteiger partial charge is 0.306 e. The van der Waals surface area contributed by atoms with Crippen molar-refractivity contribution in [3.63, 3.8) is 0 Å². The molecule has 1 N–H and O–H groups in total. The summed E-state index contributed by atoms with van der Waals surface area (Å²) in [6.45, 7) is 2.18. The van der Waals surface area contributed by atoms with Crippen LogP contribution >= 0.6 is 0 Å². The largest absolute Gasteiger partial charge is 0.456 e. The van der Waals surface area contributed by atoms with Crippen LogP contribution in [0.3, 0.4) is 0 Å². The Bertz CT molecular complexity index is 630. The Labute approximate surface area is 147 Å². The minimum absolute atomic E-state index is 0.202. The number of fused-ring (bicyclic) bond motifs is 1. The molecule has 136 valence electrons. The Morgan fingerprint density at radius 1 is 1.20 bits per heavy atom. The van der Waals surface area contributed by atoms with E-state index in [0.717, 1.165) is 30.6 Å². The molecule has 2 atom stereocenters. The van der Waals surface area contributed by atoms with E-state index in [2.05, 4.69) is 12.2 Å². The molecule has 0 unspecified atom stereocenters. The van der Waals surface area contributed by atoms with Gasteiger partial charge >= 0.3 is 5.97 Å². The zero-order valence-electron chi connectivity index (χ0n) is 14.6. The maximum Gasteiger partial charge on any atom is 0.306 e. The maximum absolute atomic E-state index is 11.9. The molecule has 0 saturated heterocycles. The summed E-state index contributed by atoms with van der Waals surface area (Å²) < 4.78 is 15.7. The summed E-state index contributed by atoms with van der Waals surface area (Å²) in [4.78, 5) is 23.8. The molecule has 6 nitrogen and oxygen atoms in total. The molecular formula is C19H25NO5. The summed E-state index contributed by atoms with van der Waals surface area (Å²) in [5.74, 6) is 1.32. The van der Waals surface area contributed by atoms with Crippen LogP contribution in [0.4, 0.5) is 0 Å². The van der Waals surface area contributed by atoms with Crippen molar-refractivity contribution < 1.29 is 23.8 Å². The molecule has 1 aromatic carbocycles. The lowest BCUT2D eigenvalue weighted by atomic mass is 9.86. The van der Waals surface area contributed by atoms with Gasteiger partial charge in [0.1, 0.15) is 0 Å². The average Bonchev–Trinajstić information content (AvgIpc) is 3.08. The molecule has 1 heterocycles. The second-order valence-electron chi connectivity index (χ2n) is 6.78. The van der Waals surface area contributed by atoms with E-state index < -0.39 is 0 Å². The van der Waals surface area contributed by atoms with Crippen molar-refractivity contribution >= 4 is 11.9 Å². The van der Waals surface area contributed by atoms with Gasteiger partial charge in [0.05, 0.1) is 0 Å². The minimum Gasteiger partial charge on any atom is -0.456 e. The highest BCUT2D eigenvalue weighted by Crippen LogP contribution is 2.32. The van der Waals surface area contributed by atoms with Gasteiger partial charge in [-0.25, -0.2) is 0 Å². The van der Waals surface area contributed by atoms with Crippen LogP contribution < -0.4 is 14.8 Å². The van der Waals surface area contributed by atoms with Crippen LogP contribution in [0.5, 0.6) is 11.5 Å². The van der Waals surface area contributed by atoms with Gasteiger partial charge in [-0.05, 0) is 42.9 Å². The minimum atomic E-state index is -0.371. The third-order valence-electron chi connectivity index (χ3n) is 4.88. The van der Waals surface area contributed by atoms with Gasteiger partial charge in [-0.3, -0.25) is 9.59 Å². The summed E-state index contributed by atoms with van der Waals surface area (Å²) in [5, 5.41) is 2.98. The van der Waals surface area contributed by atoms with E-state index in [9.17, 15) is 9.59 Å². The third-order valence-corrected chi connectivity index (χ3v) is 4.88. The Morgan fingerprint density at radius 3 is 2.84 bits per heavy atom. The van der Waals surface area contributed by atoms with Crippen molar-refractivity contribution in [1.29, 1.82) is 0 Å². The lowest BCUT2D eigenvalue weighted by Gasteiger charge is -2.29. The standard InChI is InChI=1S/C19H25NO5/c1-13-4-2-3-5-15(13)20-18(21)11-23-19(22)9-7-14-6-8-16-17(10-14)25-12-24-16/h6,8,10,13,15H,2-5,7,9,11-12H2,1H3,(H,20,21)/t13-,15-/m0/s1. The van der Waals surface area contributed by atoms with Gasteiger partial charge in [-0.15, -0.1) is 0 Å². The fourth-order valence-corrected chi connectivity index (χ4v) is 3.34. The molecule has 0 bridgehead atoms. The first kappa shape index (κ1) is 17.6. The van der Waals surface area contributed by atoms with Gasteiger partial charge in [0.15, 0.2) is 18.1 Å². The first-order chi connectivity index (χ1) is 12.1. The molecule has 1 aromatic rings. The summed E-state index contributed by atoms with van der Waals surface area (Å²) in [6, 6.07) is 5.81. The summed E-state index contributed by atoms with van der Waals surface area (Å²) in [5.41, 5.74) is 0.974. The van der Waals surface area contributed by atoms with Crippen LogP contribution in [0, 0.1) is 5.92 Å². The molecule has 1 saturated carbocycles. The van der Waals surface area contributed by atoms with Crippen molar-refractivity contribution in [2.24, 2.45) is 5.92 Å². The Morgan fingerprint density at radius 2 is 2.00 bits per heavy atom. The first-order valence-electron chi connectivity index (χ1n) is 8.95. The molecule has 6 heteroatoms. The number of esters is 1. The van der Waals surface area contributed by atoms with E-state index in [1.54, 1.807) is 0 Å². The highest BCUT2D eigenvalue weighted by molar-refractivity contribution is 5.80. The molecular weight excluding hydrogens is 322 g/mol. The van der Waals surface area contributed by atoms with E-state index in [4.69, 9.17) is 14.2 Å². The lowest BCUT2D eigenvalue weighted by Crippen LogP contribution is -2.42. The molecule has 0 spiro atoms. The molecule has 1 amide bonds.